The third-order valence-corrected chi connectivity index (χ3v) is 23.4. The Balaban J connectivity index is 0.000000158. The van der Waals surface area contributed by atoms with Crippen molar-refractivity contribution >= 4 is 121 Å². The SMILES string of the molecule is CC(C)N1C(=O)C(=O)c2ccc(F)cc21.CC(C)N1C(=O)C(C)(C)c2cc(N)c(N[C@@H](C)c3ccccc3)cc21.CC(C)N1C(=O)C(C)(C)c2cc([N+](=O)[O-])c(F)cc21.CC(C)N1C(=O)C(C)(C)c2cc([N+](=O)[O-])c(N[C@@H](C)c3ccccc3)cc21.CC(C)N1C(=O)C(C)(C)c2ccc(F)cc21.CC(C)N1C(=O)Cc2ccc(F)cc21.O=C1Nc2cc(F)ccc2C1=O. The Labute approximate surface area is 741 Å². The first-order valence-electron chi connectivity index (χ1n) is 42.2. The summed E-state index contributed by atoms with van der Waals surface area (Å²) < 4.78 is 65.5. The summed E-state index contributed by atoms with van der Waals surface area (Å²) in [4.78, 5) is 138. The van der Waals surface area contributed by atoms with Gasteiger partial charge in [0, 0.05) is 66.5 Å². The standard InChI is InChI=1S/C21H25N3O3.C21H27N3O.C13H15FN2O3.C13H16FNO.C11H10FNO2.C11H12FNO.C8H4FNO2/c1-13(2)23-18-12-17(22-14(3)15-9-7-6-8-10-15)19(24(26)27)11-16(18)21(4,5)20(23)25;1-13(2)24-19-12-18(23-14(3)15-9-7-6-8-10-15)17(22)11-16(19)21(4,5)20(24)25;1-7(2)15-10-6-9(14)11(16(18)19)5-8(10)13(3,4)12(15)17;1-8(2)15-11-7-9(14)5-6-10(11)13(3,4)12(15)16;1-6(2)13-9-5-7(12)3-4-8(9)10(14)11(13)15;1-7(2)13-10-6-9(12)4-3-8(10)5-11(13)14;9-4-1-2-5-6(3-4)10-8(12)7(5)11/h6-14,22H,1-5H3;6-14,23H,22H2,1-5H3;5-7H,1-4H3;5-8H,1-4H3;3-6H,1-2H3;3-4,6-7H,5H2,1-2H3;1-3H,(H,10,11,12)/t2*14-;;;;;/m00...../s1. The van der Waals surface area contributed by atoms with Gasteiger partial charge in [0.2, 0.25) is 35.4 Å². The number of hydrogen-bond acceptors (Lipinski definition) is 16. The molecule has 16 rings (SSSR count). The molecule has 0 unspecified atom stereocenters. The van der Waals surface area contributed by atoms with Gasteiger partial charge in [0.05, 0.1) is 100 Å². The van der Waals surface area contributed by atoms with E-state index in [1.165, 1.54) is 70.0 Å². The number of Topliss-reactive ketones (excluding diaryl/α,β-unsaturated/α-hetero) is 2. The molecule has 7 aliphatic rings. The Morgan fingerprint density at radius 3 is 1.18 bits per heavy atom. The van der Waals surface area contributed by atoms with Gasteiger partial charge >= 0.3 is 5.69 Å². The smallest absolute Gasteiger partial charge is 0.305 e. The fraction of sp³-hybridized carbons (Fsp3) is 0.357. The van der Waals surface area contributed by atoms with Crippen molar-refractivity contribution in [2.75, 3.05) is 51.1 Å². The van der Waals surface area contributed by atoms with Gasteiger partial charge in [0.1, 0.15) is 29.0 Å². The van der Waals surface area contributed by atoms with Gasteiger partial charge in [-0.3, -0.25) is 63.4 Å². The highest BCUT2D eigenvalue weighted by atomic mass is 19.1. The summed E-state index contributed by atoms with van der Waals surface area (Å²) in [6.07, 6.45) is 0.397. The molecule has 0 spiro atoms. The second-order valence-corrected chi connectivity index (χ2v) is 36.0. The number of nitrogens with zero attached hydrogens (tertiary/aromatic N) is 8. The first-order chi connectivity index (χ1) is 59.7. The molecule has 7 aliphatic heterocycles. The van der Waals surface area contributed by atoms with Crippen LogP contribution in [0.2, 0.25) is 0 Å². The molecule has 2 atom stereocenters. The first kappa shape index (κ1) is 96.7. The summed E-state index contributed by atoms with van der Waals surface area (Å²) in [7, 11) is 0. The Morgan fingerprint density at radius 2 is 0.734 bits per heavy atom. The van der Waals surface area contributed by atoms with Crippen LogP contribution in [0, 0.1) is 49.3 Å². The number of nitrogens with one attached hydrogen (secondary N) is 3. The lowest BCUT2D eigenvalue weighted by molar-refractivity contribution is -0.387. The molecular formula is C98H109F5N12O13. The van der Waals surface area contributed by atoms with Crippen molar-refractivity contribution in [1.82, 2.24) is 0 Å². The summed E-state index contributed by atoms with van der Waals surface area (Å²) in [6, 6.07) is 45.9. The van der Waals surface area contributed by atoms with Crippen molar-refractivity contribution in [3.63, 3.8) is 0 Å². The first-order valence-corrected chi connectivity index (χ1v) is 42.2. The normalized spacial score (nSPS) is 16.3. The number of rotatable bonds is 14. The lowest BCUT2D eigenvalue weighted by atomic mass is 9.85. The van der Waals surface area contributed by atoms with E-state index in [1.54, 1.807) is 66.7 Å². The van der Waals surface area contributed by atoms with Crippen molar-refractivity contribution in [3.05, 3.63) is 269 Å². The van der Waals surface area contributed by atoms with E-state index in [1.807, 2.05) is 183 Å². The maximum absolute atomic E-state index is 13.7. The number of nitro groups is 2. The molecule has 9 aromatic rings. The van der Waals surface area contributed by atoms with Crippen molar-refractivity contribution in [2.24, 2.45) is 0 Å². The molecule has 0 radical (unpaired) electrons. The van der Waals surface area contributed by atoms with Crippen LogP contribution in [0.1, 0.15) is 224 Å². The molecule has 0 saturated heterocycles. The number of amides is 7. The van der Waals surface area contributed by atoms with Gasteiger partial charge in [-0.1, -0.05) is 72.8 Å². The van der Waals surface area contributed by atoms with E-state index in [0.29, 0.717) is 46.0 Å². The number of anilines is 10. The topological polar surface area (TPSA) is 321 Å². The van der Waals surface area contributed by atoms with E-state index >= 15 is 0 Å². The van der Waals surface area contributed by atoms with Crippen molar-refractivity contribution in [3.8, 4) is 0 Å². The van der Waals surface area contributed by atoms with E-state index in [-0.39, 0.29) is 117 Å². The molecule has 128 heavy (non-hydrogen) atoms. The van der Waals surface area contributed by atoms with Gasteiger partial charge in [0.25, 0.3) is 29.1 Å². The maximum Gasteiger partial charge on any atom is 0.305 e. The highest BCUT2D eigenvalue weighted by Crippen LogP contribution is 2.51. The van der Waals surface area contributed by atoms with Crippen molar-refractivity contribution in [2.45, 2.75) is 229 Å². The van der Waals surface area contributed by atoms with Gasteiger partial charge < -0.3 is 51.1 Å². The number of ketones is 2. The highest BCUT2D eigenvalue weighted by molar-refractivity contribution is 6.52. The third kappa shape index (κ3) is 19.1. The van der Waals surface area contributed by atoms with Gasteiger partial charge in [-0.15, -0.1) is 0 Å². The number of carbonyl (C=O) groups excluding carboxylic acids is 9. The van der Waals surface area contributed by atoms with E-state index in [9.17, 15) is 85.3 Å². The maximum atomic E-state index is 13.7. The van der Waals surface area contributed by atoms with Crippen LogP contribution < -0.4 is 51.1 Å². The molecule has 0 aliphatic carbocycles. The fourth-order valence-electron chi connectivity index (χ4n) is 16.6. The van der Waals surface area contributed by atoms with E-state index < -0.39 is 73.1 Å². The largest absolute Gasteiger partial charge is 0.397 e. The van der Waals surface area contributed by atoms with Crippen LogP contribution >= 0.6 is 0 Å². The van der Waals surface area contributed by atoms with Crippen LogP contribution in [-0.2, 0) is 61.6 Å². The number of carbonyl (C=O) groups is 9. The summed E-state index contributed by atoms with van der Waals surface area (Å²) in [5, 5.41) is 31.5. The van der Waals surface area contributed by atoms with E-state index in [2.05, 4.69) is 35.0 Å². The van der Waals surface area contributed by atoms with Crippen LogP contribution in [0.4, 0.5) is 90.2 Å². The second kappa shape index (κ2) is 37.6. The molecule has 5 N–H and O–H groups in total. The lowest BCUT2D eigenvalue weighted by Gasteiger charge is -2.24. The predicted molar refractivity (Wildman–Crippen MR) is 488 cm³/mol. The summed E-state index contributed by atoms with van der Waals surface area (Å²) in [6.45, 7) is 41.7. The van der Waals surface area contributed by atoms with Gasteiger partial charge in [-0.2, -0.15) is 4.39 Å². The van der Waals surface area contributed by atoms with Gasteiger partial charge in [-0.25, -0.2) is 17.6 Å². The number of benzene rings is 9. The van der Waals surface area contributed by atoms with Crippen LogP contribution in [0.15, 0.2) is 170 Å². The fourth-order valence-corrected chi connectivity index (χ4v) is 16.6. The minimum Gasteiger partial charge on any atom is -0.397 e. The van der Waals surface area contributed by atoms with Gasteiger partial charge in [0.15, 0.2) is 0 Å². The highest BCUT2D eigenvalue weighted by Gasteiger charge is 2.50. The number of fused-ring (bicyclic) bond motifs is 7. The average molecular weight is 1760 g/mol. The Morgan fingerprint density at radius 1 is 0.375 bits per heavy atom. The Hall–Kier alpha value is -13.5. The second-order valence-electron chi connectivity index (χ2n) is 36.0. The van der Waals surface area contributed by atoms with Crippen molar-refractivity contribution in [1.29, 1.82) is 0 Å². The number of halogens is 5. The molecule has 7 heterocycles. The molecule has 0 bridgehead atoms. The zero-order chi connectivity index (χ0) is 95.1. The van der Waals surface area contributed by atoms with Crippen LogP contribution in [0.25, 0.3) is 0 Å². The van der Waals surface area contributed by atoms with Crippen LogP contribution in [-0.4, -0.2) is 99.0 Å². The molecule has 0 saturated carbocycles. The molecule has 0 aromatic heterocycles. The minimum absolute atomic E-state index is 0.0111. The average Bonchev–Trinajstić information content (AvgIpc) is 1.81. The lowest BCUT2D eigenvalue weighted by Crippen LogP contribution is -2.40. The molecule has 674 valence electrons. The van der Waals surface area contributed by atoms with Crippen molar-refractivity contribution < 1.29 is 74.9 Å². The molecule has 25 nitrogen and oxygen atoms in total. The predicted octanol–water partition coefficient (Wildman–Crippen LogP) is 19.7. The zero-order valence-electron chi connectivity index (χ0n) is 75.8. The zero-order valence-corrected chi connectivity index (χ0v) is 75.8. The number of nitrogen functional groups attached to an aromatic ring is 1. The van der Waals surface area contributed by atoms with E-state index in [0.717, 1.165) is 63.2 Å². The third-order valence-electron chi connectivity index (χ3n) is 23.4. The number of nitrogens with two attached hydrogens (primary N) is 1. The summed E-state index contributed by atoms with van der Waals surface area (Å²) in [5.74, 6) is -4.82. The van der Waals surface area contributed by atoms with Crippen LogP contribution in [0.3, 0.4) is 0 Å². The Kier molecular flexibility index (Phi) is 28.4. The number of nitro benzene ring substituents is 2. The summed E-state index contributed by atoms with van der Waals surface area (Å²) in [5.41, 5.74) is 15.9. The quantitative estimate of drug-likeness (QED) is 0.0258. The molecule has 7 amide bonds. The van der Waals surface area contributed by atoms with Gasteiger partial charge in [-0.05, 0) is 270 Å². The monoisotopic (exact) mass is 1760 g/mol. The van der Waals surface area contributed by atoms with E-state index in [4.69, 9.17) is 5.73 Å². The molecule has 9 aromatic carbocycles. The summed E-state index contributed by atoms with van der Waals surface area (Å²) >= 11 is 0. The molecular weight excluding hydrogens is 1650 g/mol. The number of hydrogen-bond donors (Lipinski definition) is 4. The molecule has 30 heteroatoms. The van der Waals surface area contributed by atoms with Crippen LogP contribution in [0.5, 0.6) is 0 Å². The molecule has 0 fully saturated rings. The minimum atomic E-state index is -0.917. The Bertz CT molecular complexity index is 5920.